The van der Waals surface area contributed by atoms with E-state index in [0.717, 1.165) is 5.52 Å². The molecule has 4 rings (SSSR count). The van der Waals surface area contributed by atoms with E-state index in [2.05, 4.69) is 18.1 Å². The molecule has 0 bridgehead atoms. The maximum atomic E-state index is 13.0. The summed E-state index contributed by atoms with van der Waals surface area (Å²) < 4.78 is 1.80. The number of H-pyrrole nitrogens is 1. The summed E-state index contributed by atoms with van der Waals surface area (Å²) in [6.07, 6.45) is 3.07. The quantitative estimate of drug-likeness (QED) is 0.550. The van der Waals surface area contributed by atoms with E-state index in [4.69, 9.17) is 0 Å². The number of rotatable bonds is 4. The van der Waals surface area contributed by atoms with Gasteiger partial charge in [0.25, 0.3) is 0 Å². The average Bonchev–Trinajstić information content (AvgIpc) is 2.69. The molecule has 0 radical (unpaired) electrons. The van der Waals surface area contributed by atoms with Crippen molar-refractivity contribution in [2.75, 3.05) is 6.61 Å². The molecule has 0 spiro atoms. The molecule has 0 saturated carbocycles. The Labute approximate surface area is 154 Å². The van der Waals surface area contributed by atoms with Gasteiger partial charge < -0.3 is 14.7 Å². The summed E-state index contributed by atoms with van der Waals surface area (Å²) in [5, 5.41) is 11.1. The fourth-order valence-electron chi connectivity index (χ4n) is 3.66. The molecule has 0 aliphatic heterocycles. The van der Waals surface area contributed by atoms with E-state index in [1.807, 2.05) is 18.2 Å². The van der Waals surface area contributed by atoms with Crippen LogP contribution in [-0.2, 0) is 6.54 Å². The maximum absolute atomic E-state index is 13.0. The molecule has 2 aromatic heterocycles. The van der Waals surface area contributed by atoms with Crippen molar-refractivity contribution in [1.82, 2.24) is 9.55 Å². The minimum Gasteiger partial charge on any atom is -0.395 e. The molecule has 27 heavy (non-hydrogen) atoms. The van der Waals surface area contributed by atoms with Crippen molar-refractivity contribution < 1.29 is 5.11 Å². The third kappa shape index (κ3) is 2.44. The van der Waals surface area contributed by atoms with Crippen LogP contribution in [0.2, 0.25) is 0 Å². The van der Waals surface area contributed by atoms with Crippen LogP contribution in [0.4, 0.5) is 0 Å². The molecule has 0 unspecified atom stereocenters. The van der Waals surface area contributed by atoms with E-state index in [1.54, 1.807) is 28.8 Å². The van der Waals surface area contributed by atoms with Crippen molar-refractivity contribution in [2.24, 2.45) is 0 Å². The summed E-state index contributed by atoms with van der Waals surface area (Å²) in [6, 6.07) is 10.7. The van der Waals surface area contributed by atoms with E-state index in [0.29, 0.717) is 38.4 Å². The number of para-hydroxylation sites is 1. The number of hydrogen-bond acceptors (Lipinski definition) is 3. The lowest BCUT2D eigenvalue weighted by Gasteiger charge is -2.17. The van der Waals surface area contributed by atoms with Crippen molar-refractivity contribution >= 4 is 44.9 Å². The Balaban J connectivity index is 2.28. The lowest BCUT2D eigenvalue weighted by atomic mass is 10.0. The Hall–Kier alpha value is -3.44. The first-order valence-corrected chi connectivity index (χ1v) is 8.61. The third-order valence-electron chi connectivity index (χ3n) is 4.89. The lowest BCUT2D eigenvalue weighted by molar-refractivity contribution is 0.277. The molecule has 0 amide bonds. The zero-order valence-electron chi connectivity index (χ0n) is 14.7. The van der Waals surface area contributed by atoms with Gasteiger partial charge in [-0.25, -0.2) is 0 Å². The second-order valence-corrected chi connectivity index (χ2v) is 6.33. The van der Waals surface area contributed by atoms with Gasteiger partial charge in [0.05, 0.1) is 23.3 Å². The number of nitrogens with one attached hydrogen (secondary N) is 1. The van der Waals surface area contributed by atoms with Crippen molar-refractivity contribution in [1.29, 1.82) is 0 Å². The Morgan fingerprint density at radius 2 is 1.74 bits per heavy atom. The highest BCUT2D eigenvalue weighted by molar-refractivity contribution is 6.00. The molecule has 2 aromatic carbocycles. The van der Waals surface area contributed by atoms with E-state index in [1.165, 1.54) is 6.08 Å². The zero-order valence-corrected chi connectivity index (χ0v) is 14.7. The normalized spacial score (nSPS) is 11.3. The van der Waals surface area contributed by atoms with Crippen LogP contribution in [0.1, 0.15) is 11.3 Å². The van der Waals surface area contributed by atoms with Gasteiger partial charge in [-0.15, -0.1) is 0 Å². The van der Waals surface area contributed by atoms with Gasteiger partial charge in [-0.2, -0.15) is 0 Å². The predicted octanol–water partition coefficient (Wildman–Crippen LogP) is 3.27. The standard InChI is InChI=1S/C22H18N2O3/c1-3-13-19(4-2)24(9-10-25)20-12-15-18(11-16(20)21(13)26)23-17-8-6-5-7-14(17)22(15)27/h3-8,11-12,25H,1-2,9-10H2,(H,23,27). The fraction of sp³-hybridized carbons (Fsp3) is 0.0909. The van der Waals surface area contributed by atoms with Crippen LogP contribution in [0.5, 0.6) is 0 Å². The zero-order chi connectivity index (χ0) is 19.1. The van der Waals surface area contributed by atoms with Gasteiger partial charge in [-0.05, 0) is 30.3 Å². The Bertz CT molecular complexity index is 1360. The first kappa shape index (κ1) is 17.0. The largest absolute Gasteiger partial charge is 0.395 e. The number of benzene rings is 2. The molecule has 2 heterocycles. The number of aromatic amines is 1. The molecule has 0 saturated heterocycles. The summed E-state index contributed by atoms with van der Waals surface area (Å²) in [5.74, 6) is 0. The monoisotopic (exact) mass is 358 g/mol. The van der Waals surface area contributed by atoms with Crippen LogP contribution >= 0.6 is 0 Å². The topological polar surface area (TPSA) is 75.1 Å². The molecule has 0 aliphatic rings. The number of fused-ring (bicyclic) bond motifs is 3. The Morgan fingerprint density at radius 3 is 2.44 bits per heavy atom. The van der Waals surface area contributed by atoms with Gasteiger partial charge in [0.15, 0.2) is 10.9 Å². The molecule has 0 atom stereocenters. The number of hydrogen-bond donors (Lipinski definition) is 2. The molecular formula is C22H18N2O3. The smallest absolute Gasteiger partial charge is 0.197 e. The minimum absolute atomic E-state index is 0.0998. The van der Waals surface area contributed by atoms with Gasteiger partial charge in [0, 0.05) is 33.8 Å². The van der Waals surface area contributed by atoms with Gasteiger partial charge in [-0.1, -0.05) is 31.4 Å². The molecule has 2 N–H and O–H groups in total. The molecular weight excluding hydrogens is 340 g/mol. The molecule has 5 heteroatoms. The summed E-state index contributed by atoms with van der Waals surface area (Å²) in [5.41, 5.74) is 2.62. The highest BCUT2D eigenvalue weighted by Crippen LogP contribution is 2.23. The Morgan fingerprint density at radius 1 is 0.963 bits per heavy atom. The van der Waals surface area contributed by atoms with Crippen molar-refractivity contribution in [3.05, 3.63) is 81.3 Å². The van der Waals surface area contributed by atoms with E-state index in [9.17, 15) is 14.7 Å². The van der Waals surface area contributed by atoms with Crippen molar-refractivity contribution in [2.45, 2.75) is 6.54 Å². The van der Waals surface area contributed by atoms with Crippen LogP contribution < -0.4 is 10.9 Å². The number of aliphatic hydroxyl groups excluding tert-OH is 1. The molecule has 4 aromatic rings. The molecule has 134 valence electrons. The van der Waals surface area contributed by atoms with Crippen LogP contribution in [0.15, 0.2) is 59.1 Å². The molecule has 5 nitrogen and oxygen atoms in total. The van der Waals surface area contributed by atoms with Crippen molar-refractivity contribution in [3.63, 3.8) is 0 Å². The van der Waals surface area contributed by atoms with Crippen LogP contribution in [0.25, 0.3) is 44.9 Å². The minimum atomic E-state index is -0.181. The van der Waals surface area contributed by atoms with Crippen molar-refractivity contribution in [3.8, 4) is 0 Å². The second kappa shape index (κ2) is 6.37. The first-order valence-electron chi connectivity index (χ1n) is 8.61. The third-order valence-corrected chi connectivity index (χ3v) is 4.89. The van der Waals surface area contributed by atoms with Crippen LogP contribution in [-0.4, -0.2) is 21.3 Å². The number of pyridine rings is 2. The highest BCUT2D eigenvalue weighted by atomic mass is 16.3. The van der Waals surface area contributed by atoms with Gasteiger partial charge >= 0.3 is 0 Å². The second-order valence-electron chi connectivity index (χ2n) is 6.33. The molecule has 0 aliphatic carbocycles. The lowest BCUT2D eigenvalue weighted by Crippen LogP contribution is -2.18. The SMILES string of the molecule is C=Cc1c(C=C)n(CCO)c2cc3c(=O)c4ccccc4[nH]c3cc2c1=O. The van der Waals surface area contributed by atoms with Crippen LogP contribution in [0.3, 0.4) is 0 Å². The number of aromatic nitrogens is 2. The first-order chi connectivity index (χ1) is 13.1. The maximum Gasteiger partial charge on any atom is 0.197 e. The summed E-state index contributed by atoms with van der Waals surface area (Å²) in [6.45, 7) is 7.70. The van der Waals surface area contributed by atoms with Crippen LogP contribution in [0, 0.1) is 0 Å². The fourth-order valence-corrected chi connectivity index (χ4v) is 3.66. The summed E-state index contributed by atoms with van der Waals surface area (Å²) >= 11 is 0. The summed E-state index contributed by atoms with van der Waals surface area (Å²) in [4.78, 5) is 29.2. The van der Waals surface area contributed by atoms with E-state index >= 15 is 0 Å². The van der Waals surface area contributed by atoms with Gasteiger partial charge in [0.2, 0.25) is 0 Å². The predicted molar refractivity (Wildman–Crippen MR) is 111 cm³/mol. The highest BCUT2D eigenvalue weighted by Gasteiger charge is 2.15. The summed E-state index contributed by atoms with van der Waals surface area (Å²) in [7, 11) is 0. The number of nitrogens with zero attached hydrogens (tertiary/aromatic N) is 1. The van der Waals surface area contributed by atoms with E-state index in [-0.39, 0.29) is 24.0 Å². The van der Waals surface area contributed by atoms with Gasteiger partial charge in [-0.3, -0.25) is 9.59 Å². The molecule has 0 fully saturated rings. The van der Waals surface area contributed by atoms with Gasteiger partial charge in [0.1, 0.15) is 0 Å². The number of aliphatic hydroxyl groups is 1. The van der Waals surface area contributed by atoms with E-state index < -0.39 is 0 Å². The average molecular weight is 358 g/mol. The Kier molecular flexibility index (Phi) is 4.01.